The summed E-state index contributed by atoms with van der Waals surface area (Å²) in [6.45, 7) is 0. The molecule has 4 aromatic heterocycles. The van der Waals surface area contributed by atoms with Gasteiger partial charge < -0.3 is 13.4 Å². The average molecular weight is 805 g/mol. The van der Waals surface area contributed by atoms with Gasteiger partial charge in [0.05, 0.1) is 11.0 Å². The Bertz CT molecular complexity index is 4220. The van der Waals surface area contributed by atoms with Crippen LogP contribution < -0.4 is 0 Å². The zero-order valence-corrected chi connectivity index (χ0v) is 33.6. The summed E-state index contributed by atoms with van der Waals surface area (Å²) in [7, 11) is 0. The minimum absolute atomic E-state index is 0.562. The molecule has 0 amide bonds. The Kier molecular flexibility index (Phi) is 7.02. The van der Waals surface area contributed by atoms with Crippen LogP contribution in [0.1, 0.15) is 0 Å². The van der Waals surface area contributed by atoms with Crippen molar-refractivity contribution in [3.8, 4) is 39.9 Å². The number of fused-ring (bicyclic) bond motifs is 14. The third-order valence-corrected chi connectivity index (χ3v) is 12.8. The van der Waals surface area contributed by atoms with E-state index in [2.05, 4.69) is 144 Å². The maximum atomic E-state index is 6.65. The zero-order chi connectivity index (χ0) is 41.2. The molecule has 0 saturated carbocycles. The van der Waals surface area contributed by atoms with Crippen LogP contribution in [0.4, 0.5) is 0 Å². The van der Waals surface area contributed by atoms with Crippen molar-refractivity contribution in [2.75, 3.05) is 0 Å². The number of para-hydroxylation sites is 1. The normalized spacial score (nSPS) is 12.1. The fourth-order valence-electron chi connectivity index (χ4n) is 9.82. The first-order chi connectivity index (χ1) is 31.2. The summed E-state index contributed by atoms with van der Waals surface area (Å²) in [4.78, 5) is 15.1. The highest BCUT2D eigenvalue weighted by Crippen LogP contribution is 2.42. The lowest BCUT2D eigenvalue weighted by Gasteiger charge is -2.12. The van der Waals surface area contributed by atoms with Gasteiger partial charge in [0.15, 0.2) is 17.5 Å². The first kappa shape index (κ1) is 34.1. The van der Waals surface area contributed by atoms with Crippen molar-refractivity contribution in [2.45, 2.75) is 0 Å². The second-order valence-corrected chi connectivity index (χ2v) is 16.4. The van der Waals surface area contributed by atoms with Gasteiger partial charge in [-0.05, 0) is 87.6 Å². The maximum Gasteiger partial charge on any atom is 0.164 e. The molecule has 0 aliphatic rings. The Morgan fingerprint density at radius 1 is 0.317 bits per heavy atom. The van der Waals surface area contributed by atoms with Crippen molar-refractivity contribution < 1.29 is 8.83 Å². The van der Waals surface area contributed by atoms with Crippen molar-refractivity contribution in [1.29, 1.82) is 0 Å². The molecule has 10 aromatic carbocycles. The minimum Gasteiger partial charge on any atom is -0.456 e. The number of aromatic nitrogens is 4. The molecule has 14 aromatic rings. The Morgan fingerprint density at radius 3 is 1.71 bits per heavy atom. The summed E-state index contributed by atoms with van der Waals surface area (Å²) in [5.74, 6) is 1.72. The van der Waals surface area contributed by atoms with E-state index in [0.29, 0.717) is 17.5 Å². The molecule has 14 rings (SSSR count). The topological polar surface area (TPSA) is 69.9 Å². The largest absolute Gasteiger partial charge is 0.456 e. The van der Waals surface area contributed by atoms with Gasteiger partial charge >= 0.3 is 0 Å². The van der Waals surface area contributed by atoms with Gasteiger partial charge in [-0.15, -0.1) is 0 Å². The molecule has 0 bridgehead atoms. The monoisotopic (exact) mass is 804 g/mol. The molecule has 0 aliphatic carbocycles. The van der Waals surface area contributed by atoms with E-state index < -0.39 is 0 Å². The minimum atomic E-state index is 0.562. The molecular formula is C57H32N4O2. The molecule has 0 unspecified atom stereocenters. The first-order valence-corrected chi connectivity index (χ1v) is 21.2. The Labute approximate surface area is 358 Å². The van der Waals surface area contributed by atoms with Crippen LogP contribution in [0.2, 0.25) is 0 Å². The maximum absolute atomic E-state index is 6.65. The summed E-state index contributed by atoms with van der Waals surface area (Å²) in [5, 5.41) is 13.9. The molecule has 292 valence electrons. The lowest BCUT2D eigenvalue weighted by Crippen LogP contribution is -2.00. The number of hydrogen-bond donors (Lipinski definition) is 0. The second kappa shape index (κ2) is 12.9. The average Bonchev–Trinajstić information content (AvgIpc) is 4.02. The van der Waals surface area contributed by atoms with Gasteiger partial charge in [0.2, 0.25) is 0 Å². The highest BCUT2D eigenvalue weighted by Gasteiger charge is 2.20. The quantitative estimate of drug-likeness (QED) is 0.177. The molecule has 0 spiro atoms. The predicted molar refractivity (Wildman–Crippen MR) is 258 cm³/mol. The van der Waals surface area contributed by atoms with E-state index in [-0.39, 0.29) is 0 Å². The van der Waals surface area contributed by atoms with Gasteiger partial charge in [0.25, 0.3) is 0 Å². The molecule has 0 radical (unpaired) electrons. The van der Waals surface area contributed by atoms with Gasteiger partial charge in [-0.2, -0.15) is 0 Å². The van der Waals surface area contributed by atoms with Gasteiger partial charge in [-0.25, -0.2) is 15.0 Å². The van der Waals surface area contributed by atoms with Crippen LogP contribution in [0.25, 0.3) is 138 Å². The van der Waals surface area contributed by atoms with E-state index >= 15 is 0 Å². The summed E-state index contributed by atoms with van der Waals surface area (Å²) in [6, 6.07) is 68.2. The smallest absolute Gasteiger partial charge is 0.164 e. The lowest BCUT2D eigenvalue weighted by molar-refractivity contribution is 0.669. The molecule has 0 N–H and O–H groups in total. The Hall–Kier alpha value is -8.61. The first-order valence-electron chi connectivity index (χ1n) is 21.2. The van der Waals surface area contributed by atoms with E-state index in [0.717, 1.165) is 77.0 Å². The van der Waals surface area contributed by atoms with Gasteiger partial charge in [0, 0.05) is 60.1 Å². The molecule has 63 heavy (non-hydrogen) atoms. The van der Waals surface area contributed by atoms with E-state index in [1.54, 1.807) is 0 Å². The summed E-state index contributed by atoms with van der Waals surface area (Å²) >= 11 is 0. The number of rotatable bonds is 4. The molecule has 0 aliphatic heterocycles. The summed E-state index contributed by atoms with van der Waals surface area (Å²) in [6.07, 6.45) is 0. The van der Waals surface area contributed by atoms with Crippen molar-refractivity contribution in [2.24, 2.45) is 0 Å². The van der Waals surface area contributed by atoms with Crippen molar-refractivity contribution in [1.82, 2.24) is 19.5 Å². The third-order valence-electron chi connectivity index (χ3n) is 12.8. The molecule has 4 heterocycles. The molecule has 0 fully saturated rings. The van der Waals surface area contributed by atoms with E-state index in [1.807, 2.05) is 54.6 Å². The number of hydrogen-bond acceptors (Lipinski definition) is 5. The summed E-state index contributed by atoms with van der Waals surface area (Å²) < 4.78 is 15.4. The highest BCUT2D eigenvalue weighted by atomic mass is 16.3. The predicted octanol–water partition coefficient (Wildman–Crippen LogP) is 15.2. The van der Waals surface area contributed by atoms with Crippen LogP contribution in [0.5, 0.6) is 0 Å². The molecule has 0 atom stereocenters. The molecule has 6 heteroatoms. The Morgan fingerprint density at radius 2 is 0.905 bits per heavy atom. The van der Waals surface area contributed by atoms with E-state index in [4.69, 9.17) is 23.8 Å². The van der Waals surface area contributed by atoms with Crippen molar-refractivity contribution >= 4 is 98.0 Å². The number of benzene rings is 10. The molecular weight excluding hydrogens is 773 g/mol. The molecule has 0 saturated heterocycles. The van der Waals surface area contributed by atoms with Crippen LogP contribution >= 0.6 is 0 Å². The zero-order valence-electron chi connectivity index (χ0n) is 33.6. The van der Waals surface area contributed by atoms with Crippen LogP contribution in [-0.4, -0.2) is 19.5 Å². The van der Waals surface area contributed by atoms with Crippen LogP contribution in [0.15, 0.2) is 203 Å². The van der Waals surface area contributed by atoms with E-state index in [1.165, 1.54) is 43.4 Å². The fraction of sp³-hybridized carbons (Fsp3) is 0. The lowest BCUT2D eigenvalue weighted by atomic mass is 10.0. The number of nitrogens with zero attached hydrogens (tertiary/aromatic N) is 4. The summed E-state index contributed by atoms with van der Waals surface area (Å²) in [5.41, 5.74) is 9.35. The fourth-order valence-corrected chi connectivity index (χ4v) is 9.82. The van der Waals surface area contributed by atoms with Gasteiger partial charge in [0.1, 0.15) is 22.3 Å². The third kappa shape index (κ3) is 5.15. The van der Waals surface area contributed by atoms with Gasteiger partial charge in [-0.1, -0.05) is 133 Å². The van der Waals surface area contributed by atoms with E-state index in [9.17, 15) is 0 Å². The SMILES string of the molecule is c1ccc(-c2nc(-c3ccc4c(c3)oc3ccccc34)nc(-c3ccc4c(c3)oc3ccc5cc(-n6c7cc8ccccc8cc7c7ccc8ccccc8c76)ccc5c34)n2)cc1. The van der Waals surface area contributed by atoms with Gasteiger partial charge in [-0.3, -0.25) is 0 Å². The highest BCUT2D eigenvalue weighted by molar-refractivity contribution is 6.22. The van der Waals surface area contributed by atoms with Crippen LogP contribution in [0.3, 0.4) is 0 Å². The second-order valence-electron chi connectivity index (χ2n) is 16.4. The Balaban J connectivity index is 0.921. The van der Waals surface area contributed by atoms with Crippen LogP contribution in [0, 0.1) is 0 Å². The van der Waals surface area contributed by atoms with Crippen molar-refractivity contribution in [3.05, 3.63) is 194 Å². The van der Waals surface area contributed by atoms with Crippen LogP contribution in [-0.2, 0) is 0 Å². The standard InChI is InChI=1S/C57H32N4O2/c1-2-11-34(12-3-1)55-58-56(38-19-23-44-43-16-8-9-17-49(43)62-51(44)31-38)60-57(59-55)39-20-25-46-52(32-39)63-50-27-21-37-28-40(22-26-41(37)53(46)50)61-48-30-36-14-5-4-13-35(36)29-47(48)45-24-18-33-10-6-7-15-42(33)54(45)61/h1-32H. The van der Waals surface area contributed by atoms with Crippen molar-refractivity contribution in [3.63, 3.8) is 0 Å². The molecule has 6 nitrogen and oxygen atoms in total. The number of furan rings is 2.